The van der Waals surface area contributed by atoms with Crippen molar-refractivity contribution in [3.63, 3.8) is 0 Å². The Hall–Kier alpha value is -3.98. The second kappa shape index (κ2) is 8.64. The third-order valence-electron chi connectivity index (χ3n) is 4.82. The van der Waals surface area contributed by atoms with E-state index in [0.717, 1.165) is 0 Å². The predicted molar refractivity (Wildman–Crippen MR) is 115 cm³/mol. The highest BCUT2D eigenvalue weighted by Gasteiger charge is 2.42. The van der Waals surface area contributed by atoms with Gasteiger partial charge in [0.1, 0.15) is 11.4 Å². The number of hydrogen-bond donors (Lipinski definition) is 1. The van der Waals surface area contributed by atoms with Gasteiger partial charge < -0.3 is 10.1 Å². The minimum Gasteiger partial charge on any atom is -0.446 e. The first-order valence-electron chi connectivity index (χ1n) is 9.64. The maximum Gasteiger partial charge on any atom is 0.328 e. The van der Waals surface area contributed by atoms with Gasteiger partial charge in [-0.25, -0.2) is 12.7 Å². The van der Waals surface area contributed by atoms with Crippen LogP contribution in [-0.2, 0) is 24.3 Å². The first kappa shape index (κ1) is 21.3. The molecule has 0 bridgehead atoms. The van der Waals surface area contributed by atoms with Crippen molar-refractivity contribution in [1.82, 2.24) is 4.31 Å². The number of ether oxygens (including phenoxy) is 1. The fourth-order valence-corrected chi connectivity index (χ4v) is 4.82. The number of rotatable bonds is 6. The number of benzene rings is 3. The number of hydrogen-bond acceptors (Lipinski definition) is 6. The molecule has 0 aromatic heterocycles. The molecule has 3 aromatic carbocycles. The number of anilines is 1. The fourth-order valence-electron chi connectivity index (χ4n) is 3.30. The highest BCUT2D eigenvalue weighted by Crippen LogP contribution is 2.30. The maximum absolute atomic E-state index is 12.9. The molecule has 1 heterocycles. The van der Waals surface area contributed by atoms with E-state index in [1.807, 2.05) is 0 Å². The van der Waals surface area contributed by atoms with Crippen LogP contribution in [0.25, 0.3) is 0 Å². The number of carbonyl (C=O) groups excluding carboxylic acids is 3. The molecule has 0 spiro atoms. The Morgan fingerprint density at radius 3 is 2.12 bits per heavy atom. The average molecular weight is 450 g/mol. The van der Waals surface area contributed by atoms with Crippen molar-refractivity contribution in [1.29, 1.82) is 0 Å². The topological polar surface area (TPSA) is 110 Å². The number of para-hydroxylation sites is 1. The van der Waals surface area contributed by atoms with E-state index in [9.17, 15) is 22.8 Å². The number of amides is 2. The van der Waals surface area contributed by atoms with Gasteiger partial charge in [0, 0.05) is 11.3 Å². The Morgan fingerprint density at radius 1 is 0.875 bits per heavy atom. The highest BCUT2D eigenvalue weighted by atomic mass is 32.2. The van der Waals surface area contributed by atoms with Crippen molar-refractivity contribution in [3.8, 4) is 0 Å². The lowest BCUT2D eigenvalue weighted by Gasteiger charge is -2.20. The quantitative estimate of drug-likeness (QED) is 0.579. The van der Waals surface area contributed by atoms with Crippen molar-refractivity contribution in [2.45, 2.75) is 11.0 Å². The van der Waals surface area contributed by atoms with Crippen LogP contribution in [0, 0.1) is 0 Å². The molecule has 162 valence electrons. The van der Waals surface area contributed by atoms with Gasteiger partial charge in [-0.3, -0.25) is 14.4 Å². The van der Waals surface area contributed by atoms with E-state index < -0.39 is 40.5 Å². The normalized spacial score (nSPS) is 15.0. The van der Waals surface area contributed by atoms with Crippen LogP contribution >= 0.6 is 0 Å². The van der Waals surface area contributed by atoms with Gasteiger partial charge in [0.2, 0.25) is 6.10 Å². The number of esters is 1. The van der Waals surface area contributed by atoms with E-state index in [4.69, 9.17) is 4.74 Å². The van der Waals surface area contributed by atoms with Crippen LogP contribution in [0.3, 0.4) is 0 Å². The van der Waals surface area contributed by atoms with Crippen molar-refractivity contribution < 1.29 is 27.5 Å². The number of sulfonamides is 1. The van der Waals surface area contributed by atoms with Gasteiger partial charge in [-0.05, 0) is 24.3 Å². The summed E-state index contributed by atoms with van der Waals surface area (Å²) in [6, 6.07) is 22.6. The third-order valence-corrected chi connectivity index (χ3v) is 6.60. The summed E-state index contributed by atoms with van der Waals surface area (Å²) < 4.78 is 31.2. The molecule has 8 nitrogen and oxygen atoms in total. The Balaban J connectivity index is 1.55. The molecule has 0 fully saturated rings. The Labute approximate surface area is 184 Å². The van der Waals surface area contributed by atoms with E-state index in [2.05, 4.69) is 5.32 Å². The lowest BCUT2D eigenvalue weighted by Crippen LogP contribution is -2.37. The molecule has 9 heteroatoms. The van der Waals surface area contributed by atoms with Crippen LogP contribution in [0.2, 0.25) is 0 Å². The van der Waals surface area contributed by atoms with Crippen LogP contribution in [-0.4, -0.2) is 37.1 Å². The third kappa shape index (κ3) is 4.10. The molecular formula is C23H18N2O6S. The molecular weight excluding hydrogens is 432 g/mol. The van der Waals surface area contributed by atoms with Crippen molar-refractivity contribution in [3.05, 3.63) is 96.1 Å². The zero-order valence-electron chi connectivity index (χ0n) is 16.7. The van der Waals surface area contributed by atoms with E-state index >= 15 is 0 Å². The van der Waals surface area contributed by atoms with Crippen molar-refractivity contribution >= 4 is 33.5 Å². The molecule has 32 heavy (non-hydrogen) atoms. The number of nitrogens with one attached hydrogen (secondary N) is 1. The van der Waals surface area contributed by atoms with Crippen LogP contribution in [0.15, 0.2) is 89.8 Å². The van der Waals surface area contributed by atoms with Gasteiger partial charge >= 0.3 is 5.97 Å². The molecule has 1 N–H and O–H groups in total. The van der Waals surface area contributed by atoms with Gasteiger partial charge in [-0.1, -0.05) is 60.7 Å². The molecule has 1 atom stereocenters. The Bertz CT molecular complexity index is 1280. The standard InChI is InChI=1S/C23H18N2O6S/c26-20(15-25-23(28)18-13-7-8-14-19(18)32(25,29)30)31-21(16-9-3-1-4-10-16)22(27)24-17-11-5-2-6-12-17/h1-14,21H,15H2,(H,24,27). The van der Waals surface area contributed by atoms with E-state index in [0.29, 0.717) is 15.6 Å². The van der Waals surface area contributed by atoms with Gasteiger partial charge in [0.15, 0.2) is 0 Å². The van der Waals surface area contributed by atoms with Gasteiger partial charge in [-0.15, -0.1) is 0 Å². The fraction of sp³-hybridized carbons (Fsp3) is 0.0870. The lowest BCUT2D eigenvalue weighted by molar-refractivity contribution is -0.154. The summed E-state index contributed by atoms with van der Waals surface area (Å²) >= 11 is 0. The summed E-state index contributed by atoms with van der Waals surface area (Å²) in [6.45, 7) is -0.849. The molecule has 0 saturated heterocycles. The lowest BCUT2D eigenvalue weighted by atomic mass is 10.1. The zero-order chi connectivity index (χ0) is 22.7. The Kier molecular flexibility index (Phi) is 5.74. The van der Waals surface area contributed by atoms with Crippen molar-refractivity contribution in [2.75, 3.05) is 11.9 Å². The zero-order valence-corrected chi connectivity index (χ0v) is 17.5. The van der Waals surface area contributed by atoms with E-state index in [1.165, 1.54) is 24.3 Å². The molecule has 1 aliphatic rings. The molecule has 0 aliphatic carbocycles. The SMILES string of the molecule is O=C(CN1C(=O)c2ccccc2S1(=O)=O)OC(C(=O)Nc1ccccc1)c1ccccc1. The average Bonchev–Trinajstić information content (AvgIpc) is 2.99. The Morgan fingerprint density at radius 2 is 1.47 bits per heavy atom. The minimum absolute atomic E-state index is 0.0123. The van der Waals surface area contributed by atoms with Gasteiger partial charge in [-0.2, -0.15) is 0 Å². The van der Waals surface area contributed by atoms with Crippen LogP contribution in [0.5, 0.6) is 0 Å². The monoisotopic (exact) mass is 450 g/mol. The summed E-state index contributed by atoms with van der Waals surface area (Å²) in [5, 5.41) is 2.66. The molecule has 1 aliphatic heterocycles. The molecule has 1 unspecified atom stereocenters. The second-order valence-electron chi connectivity index (χ2n) is 6.95. The molecule has 2 amide bonds. The molecule has 0 radical (unpaired) electrons. The molecule has 0 saturated carbocycles. The van der Waals surface area contributed by atoms with E-state index in [1.54, 1.807) is 60.7 Å². The predicted octanol–water partition coefficient (Wildman–Crippen LogP) is 2.75. The highest BCUT2D eigenvalue weighted by molar-refractivity contribution is 7.90. The van der Waals surface area contributed by atoms with Gasteiger partial charge in [0.05, 0.1) is 5.56 Å². The number of carbonyl (C=O) groups is 3. The first-order chi connectivity index (χ1) is 15.4. The smallest absolute Gasteiger partial charge is 0.328 e. The summed E-state index contributed by atoms with van der Waals surface area (Å²) in [4.78, 5) is 37.9. The summed E-state index contributed by atoms with van der Waals surface area (Å²) in [6.07, 6.45) is -1.34. The number of fused-ring (bicyclic) bond motifs is 1. The van der Waals surface area contributed by atoms with Crippen LogP contribution in [0.1, 0.15) is 22.0 Å². The van der Waals surface area contributed by atoms with Crippen molar-refractivity contribution in [2.24, 2.45) is 0 Å². The molecule has 3 aromatic rings. The van der Waals surface area contributed by atoms with Crippen LogP contribution < -0.4 is 5.32 Å². The summed E-state index contributed by atoms with van der Waals surface area (Å²) in [5.41, 5.74) is 0.886. The van der Waals surface area contributed by atoms with E-state index in [-0.39, 0.29) is 10.5 Å². The van der Waals surface area contributed by atoms with Crippen LogP contribution in [0.4, 0.5) is 5.69 Å². The molecule has 4 rings (SSSR count). The van der Waals surface area contributed by atoms with Gasteiger partial charge in [0.25, 0.3) is 21.8 Å². The second-order valence-corrected chi connectivity index (χ2v) is 8.78. The largest absolute Gasteiger partial charge is 0.446 e. The number of nitrogens with zero attached hydrogens (tertiary/aromatic N) is 1. The minimum atomic E-state index is -4.18. The first-order valence-corrected chi connectivity index (χ1v) is 11.1. The summed E-state index contributed by atoms with van der Waals surface area (Å²) in [7, 11) is -4.18. The summed E-state index contributed by atoms with van der Waals surface area (Å²) in [5.74, 6) is -2.47. The maximum atomic E-state index is 12.9.